The number of halogens is 1. The van der Waals surface area contributed by atoms with Gasteiger partial charge in [-0.3, -0.25) is 4.99 Å². The number of nitrogens with zero attached hydrogens (tertiary/aromatic N) is 2. The van der Waals surface area contributed by atoms with Crippen molar-refractivity contribution in [2.24, 2.45) is 4.99 Å². The van der Waals surface area contributed by atoms with Crippen LogP contribution in [0.25, 0.3) is 0 Å². The van der Waals surface area contributed by atoms with Crippen molar-refractivity contribution in [2.75, 3.05) is 53.5 Å². The summed E-state index contributed by atoms with van der Waals surface area (Å²) in [5.74, 6) is 0.635. The number of benzene rings is 1. The Bertz CT molecular complexity index is 465. The Morgan fingerprint density at radius 2 is 1.96 bits per heavy atom. The number of ether oxygens (including phenoxy) is 1. The van der Waals surface area contributed by atoms with E-state index in [1.807, 2.05) is 12.1 Å². The molecule has 6 heteroatoms. The van der Waals surface area contributed by atoms with Gasteiger partial charge < -0.3 is 20.3 Å². The van der Waals surface area contributed by atoms with E-state index in [9.17, 15) is 4.39 Å². The molecule has 1 aromatic rings. The van der Waals surface area contributed by atoms with Crippen LogP contribution in [0.2, 0.25) is 0 Å². The van der Waals surface area contributed by atoms with Gasteiger partial charge in [-0.1, -0.05) is 12.1 Å². The molecule has 0 aliphatic heterocycles. The number of hydrogen-bond donors (Lipinski definition) is 2. The van der Waals surface area contributed by atoms with Crippen LogP contribution in [0.4, 0.5) is 4.39 Å². The number of rotatable bonds is 11. The van der Waals surface area contributed by atoms with E-state index in [0.717, 1.165) is 63.7 Å². The van der Waals surface area contributed by atoms with Gasteiger partial charge in [0.1, 0.15) is 5.82 Å². The van der Waals surface area contributed by atoms with Crippen molar-refractivity contribution in [3.8, 4) is 0 Å². The third kappa shape index (κ3) is 9.47. The van der Waals surface area contributed by atoms with Crippen LogP contribution in [0.1, 0.15) is 18.9 Å². The Balaban J connectivity index is 2.27. The maximum Gasteiger partial charge on any atom is 0.191 e. The Kier molecular flexibility index (Phi) is 10.8. The first-order valence-corrected chi connectivity index (χ1v) is 8.59. The molecule has 1 aromatic carbocycles. The van der Waals surface area contributed by atoms with Gasteiger partial charge in [0.05, 0.1) is 6.61 Å². The van der Waals surface area contributed by atoms with Crippen molar-refractivity contribution >= 4 is 5.96 Å². The van der Waals surface area contributed by atoms with Gasteiger partial charge in [0, 0.05) is 33.3 Å². The highest BCUT2D eigenvalue weighted by molar-refractivity contribution is 5.79. The van der Waals surface area contributed by atoms with Gasteiger partial charge in [-0.15, -0.1) is 0 Å². The molecular formula is C18H31FN4O. The van der Waals surface area contributed by atoms with E-state index in [2.05, 4.69) is 34.5 Å². The normalized spacial score (nSPS) is 11.8. The second kappa shape index (κ2) is 12.7. The molecule has 0 unspecified atom stereocenters. The van der Waals surface area contributed by atoms with E-state index in [-0.39, 0.29) is 5.82 Å². The fraction of sp³-hybridized carbons (Fsp3) is 0.611. The van der Waals surface area contributed by atoms with E-state index < -0.39 is 0 Å². The third-order valence-corrected chi connectivity index (χ3v) is 3.61. The summed E-state index contributed by atoms with van der Waals surface area (Å²) in [4.78, 5) is 6.83. The molecule has 0 heterocycles. The standard InChI is InChI=1S/C18H31FN4O/c1-4-20-18(21-11-5-13-23(2)14-15-24-3)22-12-10-16-6-8-17(19)9-7-16/h6-9H,4-5,10-15H2,1-3H3,(H2,20,21,22). The molecule has 0 fully saturated rings. The highest BCUT2D eigenvalue weighted by Crippen LogP contribution is 2.02. The van der Waals surface area contributed by atoms with Crippen molar-refractivity contribution in [3.05, 3.63) is 35.6 Å². The summed E-state index contributed by atoms with van der Waals surface area (Å²) < 4.78 is 17.9. The minimum atomic E-state index is -0.197. The second-order valence-electron chi connectivity index (χ2n) is 5.71. The third-order valence-electron chi connectivity index (χ3n) is 3.61. The first kappa shape index (κ1) is 20.4. The number of methoxy groups -OCH3 is 1. The van der Waals surface area contributed by atoms with Crippen LogP contribution >= 0.6 is 0 Å². The second-order valence-corrected chi connectivity index (χ2v) is 5.71. The molecule has 0 spiro atoms. The highest BCUT2D eigenvalue weighted by atomic mass is 19.1. The summed E-state index contributed by atoms with van der Waals surface area (Å²) in [5.41, 5.74) is 1.11. The number of guanidine groups is 1. The number of hydrogen-bond acceptors (Lipinski definition) is 3. The van der Waals surface area contributed by atoms with Gasteiger partial charge in [-0.05, 0) is 51.1 Å². The van der Waals surface area contributed by atoms with Gasteiger partial charge >= 0.3 is 0 Å². The molecule has 24 heavy (non-hydrogen) atoms. The minimum absolute atomic E-state index is 0.197. The van der Waals surface area contributed by atoms with Crippen molar-refractivity contribution in [1.82, 2.24) is 15.5 Å². The molecule has 0 saturated heterocycles. The smallest absolute Gasteiger partial charge is 0.191 e. The van der Waals surface area contributed by atoms with Crippen LogP contribution in [0.3, 0.4) is 0 Å². The lowest BCUT2D eigenvalue weighted by molar-refractivity contribution is 0.161. The van der Waals surface area contributed by atoms with Crippen molar-refractivity contribution in [1.29, 1.82) is 0 Å². The topological polar surface area (TPSA) is 48.9 Å². The van der Waals surface area contributed by atoms with E-state index >= 15 is 0 Å². The van der Waals surface area contributed by atoms with Gasteiger partial charge in [-0.25, -0.2) is 4.39 Å². The maximum absolute atomic E-state index is 12.9. The molecule has 0 aromatic heterocycles. The van der Waals surface area contributed by atoms with Crippen LogP contribution in [0, 0.1) is 5.82 Å². The summed E-state index contributed by atoms with van der Waals surface area (Å²) >= 11 is 0. The number of aliphatic imine (C=N–C) groups is 1. The Labute approximate surface area is 145 Å². The lowest BCUT2D eigenvalue weighted by Crippen LogP contribution is -2.38. The van der Waals surface area contributed by atoms with Gasteiger partial charge in [0.2, 0.25) is 0 Å². The van der Waals surface area contributed by atoms with E-state index in [4.69, 9.17) is 4.74 Å². The van der Waals surface area contributed by atoms with E-state index in [1.54, 1.807) is 7.11 Å². The van der Waals surface area contributed by atoms with Gasteiger partial charge in [0.25, 0.3) is 0 Å². The SMILES string of the molecule is CCNC(=NCCCN(C)CCOC)NCCc1ccc(F)cc1. The fourth-order valence-electron chi connectivity index (χ4n) is 2.21. The molecule has 136 valence electrons. The summed E-state index contributed by atoms with van der Waals surface area (Å²) in [6.45, 7) is 7.13. The van der Waals surface area contributed by atoms with E-state index in [0.29, 0.717) is 0 Å². The van der Waals surface area contributed by atoms with Crippen LogP contribution in [-0.2, 0) is 11.2 Å². The minimum Gasteiger partial charge on any atom is -0.383 e. The molecule has 0 aliphatic rings. The Morgan fingerprint density at radius 3 is 2.62 bits per heavy atom. The number of likely N-dealkylation sites (N-methyl/N-ethyl adjacent to an activating group) is 1. The average molecular weight is 338 g/mol. The predicted octanol–water partition coefficient (Wildman–Crippen LogP) is 1.89. The zero-order valence-electron chi connectivity index (χ0n) is 15.1. The highest BCUT2D eigenvalue weighted by Gasteiger charge is 2.00. The van der Waals surface area contributed by atoms with Crippen LogP contribution < -0.4 is 10.6 Å². The molecule has 0 atom stereocenters. The van der Waals surface area contributed by atoms with Gasteiger partial charge in [-0.2, -0.15) is 0 Å². The molecule has 1 rings (SSSR count). The monoisotopic (exact) mass is 338 g/mol. The fourth-order valence-corrected chi connectivity index (χ4v) is 2.21. The van der Waals surface area contributed by atoms with Crippen molar-refractivity contribution in [2.45, 2.75) is 19.8 Å². The lowest BCUT2D eigenvalue weighted by atomic mass is 10.1. The Morgan fingerprint density at radius 1 is 1.21 bits per heavy atom. The molecule has 0 saturated carbocycles. The quantitative estimate of drug-likeness (QED) is 0.368. The molecule has 2 N–H and O–H groups in total. The molecule has 0 aliphatic carbocycles. The van der Waals surface area contributed by atoms with E-state index in [1.165, 1.54) is 12.1 Å². The number of nitrogens with one attached hydrogen (secondary N) is 2. The first-order valence-electron chi connectivity index (χ1n) is 8.59. The molecular weight excluding hydrogens is 307 g/mol. The van der Waals surface area contributed by atoms with Gasteiger partial charge in [0.15, 0.2) is 5.96 Å². The Hall–Kier alpha value is -1.66. The summed E-state index contributed by atoms with van der Waals surface area (Å²) in [6, 6.07) is 6.62. The molecule has 0 radical (unpaired) electrons. The molecule has 0 bridgehead atoms. The zero-order chi connectivity index (χ0) is 17.6. The molecule has 0 amide bonds. The zero-order valence-corrected chi connectivity index (χ0v) is 15.1. The maximum atomic E-state index is 12.9. The van der Waals surface area contributed by atoms with Crippen molar-refractivity contribution in [3.63, 3.8) is 0 Å². The largest absolute Gasteiger partial charge is 0.383 e. The molecule has 5 nitrogen and oxygen atoms in total. The van der Waals surface area contributed by atoms with Crippen molar-refractivity contribution < 1.29 is 9.13 Å². The predicted molar refractivity (Wildman–Crippen MR) is 98.1 cm³/mol. The summed E-state index contributed by atoms with van der Waals surface area (Å²) in [5, 5.41) is 6.56. The van der Waals surface area contributed by atoms with Crippen LogP contribution in [0.15, 0.2) is 29.3 Å². The first-order chi connectivity index (χ1) is 11.7. The average Bonchev–Trinajstić information content (AvgIpc) is 2.58. The van der Waals surface area contributed by atoms with Crippen LogP contribution in [-0.4, -0.2) is 64.3 Å². The summed E-state index contributed by atoms with van der Waals surface area (Å²) in [6.07, 6.45) is 1.85. The summed E-state index contributed by atoms with van der Waals surface area (Å²) in [7, 11) is 3.81. The van der Waals surface area contributed by atoms with Crippen LogP contribution in [0.5, 0.6) is 0 Å². The lowest BCUT2D eigenvalue weighted by Gasteiger charge is -2.15.